The van der Waals surface area contributed by atoms with Crippen molar-refractivity contribution >= 4 is 34.0 Å². The van der Waals surface area contributed by atoms with Crippen LogP contribution in [0.2, 0.25) is 0 Å². The lowest BCUT2D eigenvalue weighted by molar-refractivity contribution is -0.384. The molecule has 0 aromatic heterocycles. The van der Waals surface area contributed by atoms with E-state index in [4.69, 9.17) is 0 Å². The molecule has 1 saturated heterocycles. The number of carbonyl (C=O) groups excluding carboxylic acids is 1. The molecule has 1 aromatic rings. The number of piperazine rings is 1. The maximum Gasteiger partial charge on any atom is 0.269 e. The molecule has 140 valence electrons. The molecule has 0 aliphatic carbocycles. The van der Waals surface area contributed by atoms with E-state index in [0.29, 0.717) is 6.54 Å². The number of amides is 1. The highest BCUT2D eigenvalue weighted by molar-refractivity contribution is 7.89. The molecular formula is C14H21ClN4O5S. The minimum Gasteiger partial charge on any atom is -0.337 e. The summed E-state index contributed by atoms with van der Waals surface area (Å²) in [6, 6.07) is 4.67. The molecule has 1 aromatic carbocycles. The standard InChI is InChI=1S/C14H20N4O5S.ClH/c1-11-10-15-8-9-17(11)14(19)6-7-16-24(22,23)13-4-2-12(3-5-13)18(20)21;/h2-5,11,15-16H,6-10H2,1H3;1H. The van der Waals surface area contributed by atoms with Crippen LogP contribution in [0.15, 0.2) is 29.2 Å². The second-order valence-corrected chi connectivity index (χ2v) is 7.31. The van der Waals surface area contributed by atoms with Crippen LogP contribution < -0.4 is 10.0 Å². The van der Waals surface area contributed by atoms with Gasteiger partial charge in [0, 0.05) is 50.8 Å². The zero-order valence-corrected chi connectivity index (χ0v) is 15.3. The Kier molecular flexibility index (Phi) is 7.74. The fourth-order valence-corrected chi connectivity index (χ4v) is 3.51. The first-order valence-corrected chi connectivity index (χ1v) is 9.04. The molecule has 1 fully saturated rings. The number of halogens is 1. The lowest BCUT2D eigenvalue weighted by Gasteiger charge is -2.34. The molecule has 2 N–H and O–H groups in total. The normalized spacial score (nSPS) is 17.6. The van der Waals surface area contributed by atoms with Crippen LogP contribution in [-0.4, -0.2) is 56.4 Å². The molecule has 2 rings (SSSR count). The largest absolute Gasteiger partial charge is 0.337 e. The number of nitro groups is 1. The minimum absolute atomic E-state index is 0. The summed E-state index contributed by atoms with van der Waals surface area (Å²) in [7, 11) is -3.80. The number of rotatable bonds is 6. The van der Waals surface area contributed by atoms with Gasteiger partial charge < -0.3 is 10.2 Å². The van der Waals surface area contributed by atoms with Gasteiger partial charge in [-0.1, -0.05) is 0 Å². The number of nitrogens with zero attached hydrogens (tertiary/aromatic N) is 2. The van der Waals surface area contributed by atoms with Crippen molar-refractivity contribution in [3.05, 3.63) is 34.4 Å². The van der Waals surface area contributed by atoms with Crippen molar-refractivity contribution < 1.29 is 18.1 Å². The lowest BCUT2D eigenvalue weighted by Crippen LogP contribution is -2.52. The Morgan fingerprint density at radius 1 is 1.40 bits per heavy atom. The molecule has 9 nitrogen and oxygen atoms in total. The van der Waals surface area contributed by atoms with E-state index >= 15 is 0 Å². The van der Waals surface area contributed by atoms with Gasteiger partial charge in [-0.2, -0.15) is 0 Å². The van der Waals surface area contributed by atoms with Gasteiger partial charge in [0.1, 0.15) is 0 Å². The monoisotopic (exact) mass is 392 g/mol. The van der Waals surface area contributed by atoms with Gasteiger partial charge in [0.25, 0.3) is 5.69 Å². The summed E-state index contributed by atoms with van der Waals surface area (Å²) in [5.74, 6) is -0.101. The summed E-state index contributed by atoms with van der Waals surface area (Å²) in [5.41, 5.74) is -0.183. The van der Waals surface area contributed by atoms with E-state index in [0.717, 1.165) is 25.2 Å². The first kappa shape index (κ1) is 21.3. The van der Waals surface area contributed by atoms with Gasteiger partial charge >= 0.3 is 0 Å². The Bertz CT molecular complexity index is 710. The number of sulfonamides is 1. The van der Waals surface area contributed by atoms with Crippen molar-refractivity contribution in [2.45, 2.75) is 24.3 Å². The molecule has 0 bridgehead atoms. The number of carbonyl (C=O) groups is 1. The van der Waals surface area contributed by atoms with Crippen LogP contribution in [0.25, 0.3) is 0 Å². The number of nitrogens with one attached hydrogen (secondary N) is 2. The van der Waals surface area contributed by atoms with Gasteiger partial charge in [0.15, 0.2) is 0 Å². The second kappa shape index (κ2) is 9.09. The predicted octanol–water partition coefficient (Wildman–Crippen LogP) is 0.505. The van der Waals surface area contributed by atoms with E-state index in [-0.39, 0.29) is 47.9 Å². The van der Waals surface area contributed by atoms with E-state index in [2.05, 4.69) is 10.0 Å². The number of non-ortho nitro benzene ring substituents is 1. The van der Waals surface area contributed by atoms with Gasteiger partial charge in [-0.05, 0) is 19.1 Å². The van der Waals surface area contributed by atoms with E-state index < -0.39 is 14.9 Å². The third kappa shape index (κ3) is 5.63. The van der Waals surface area contributed by atoms with Gasteiger partial charge in [0.2, 0.25) is 15.9 Å². The number of nitro benzene ring substituents is 1. The van der Waals surface area contributed by atoms with Gasteiger partial charge in [-0.15, -0.1) is 12.4 Å². The van der Waals surface area contributed by atoms with Gasteiger partial charge in [-0.25, -0.2) is 13.1 Å². The average Bonchev–Trinajstić information content (AvgIpc) is 2.55. The molecule has 1 atom stereocenters. The van der Waals surface area contributed by atoms with Crippen LogP contribution in [-0.2, 0) is 14.8 Å². The van der Waals surface area contributed by atoms with Crippen molar-refractivity contribution in [1.29, 1.82) is 0 Å². The highest BCUT2D eigenvalue weighted by Crippen LogP contribution is 2.15. The molecule has 0 spiro atoms. The molecule has 1 amide bonds. The molecule has 0 saturated carbocycles. The predicted molar refractivity (Wildman–Crippen MR) is 94.2 cm³/mol. The third-order valence-electron chi connectivity index (χ3n) is 3.81. The first-order chi connectivity index (χ1) is 11.3. The summed E-state index contributed by atoms with van der Waals surface area (Å²) < 4.78 is 26.6. The number of hydrogen-bond acceptors (Lipinski definition) is 6. The zero-order chi connectivity index (χ0) is 17.7. The molecular weight excluding hydrogens is 372 g/mol. The van der Waals surface area contributed by atoms with E-state index in [1.807, 2.05) is 6.92 Å². The van der Waals surface area contributed by atoms with Crippen molar-refractivity contribution in [2.75, 3.05) is 26.2 Å². The van der Waals surface area contributed by atoms with Crippen LogP contribution in [0.1, 0.15) is 13.3 Å². The van der Waals surface area contributed by atoms with Crippen LogP contribution >= 0.6 is 12.4 Å². The Labute approximate surface area is 152 Å². The quantitative estimate of drug-likeness (QED) is 0.537. The SMILES string of the molecule is CC1CNCCN1C(=O)CCNS(=O)(=O)c1ccc([N+](=O)[O-])cc1.Cl. The van der Waals surface area contributed by atoms with Crippen LogP contribution in [0.4, 0.5) is 5.69 Å². The summed E-state index contributed by atoms with van der Waals surface area (Å²) in [6.45, 7) is 3.97. The van der Waals surface area contributed by atoms with Crippen molar-refractivity contribution in [1.82, 2.24) is 14.9 Å². The maximum atomic E-state index is 12.1. The third-order valence-corrected chi connectivity index (χ3v) is 5.29. The molecule has 1 aliphatic heterocycles. The number of benzene rings is 1. The van der Waals surface area contributed by atoms with Crippen molar-refractivity contribution in [3.63, 3.8) is 0 Å². The average molecular weight is 393 g/mol. The Balaban J connectivity index is 0.00000312. The minimum atomic E-state index is -3.80. The summed E-state index contributed by atoms with van der Waals surface area (Å²) >= 11 is 0. The molecule has 1 heterocycles. The second-order valence-electron chi connectivity index (χ2n) is 5.54. The molecule has 1 unspecified atom stereocenters. The van der Waals surface area contributed by atoms with Crippen molar-refractivity contribution in [2.24, 2.45) is 0 Å². The molecule has 0 radical (unpaired) electrons. The highest BCUT2D eigenvalue weighted by atomic mass is 35.5. The van der Waals surface area contributed by atoms with Crippen molar-refractivity contribution in [3.8, 4) is 0 Å². The van der Waals surface area contributed by atoms with Crippen LogP contribution in [0.3, 0.4) is 0 Å². The summed E-state index contributed by atoms with van der Waals surface area (Å²) in [6.07, 6.45) is 0.0660. The Hall–Kier alpha value is -1.75. The van der Waals surface area contributed by atoms with E-state index in [9.17, 15) is 23.3 Å². The van der Waals surface area contributed by atoms with E-state index in [1.54, 1.807) is 4.90 Å². The Morgan fingerprint density at radius 2 is 2.04 bits per heavy atom. The smallest absolute Gasteiger partial charge is 0.269 e. The highest BCUT2D eigenvalue weighted by Gasteiger charge is 2.23. The van der Waals surface area contributed by atoms with E-state index in [1.165, 1.54) is 12.1 Å². The molecule has 1 aliphatic rings. The van der Waals surface area contributed by atoms with Gasteiger partial charge in [-0.3, -0.25) is 14.9 Å². The first-order valence-electron chi connectivity index (χ1n) is 7.55. The Morgan fingerprint density at radius 3 is 2.60 bits per heavy atom. The zero-order valence-electron chi connectivity index (χ0n) is 13.7. The fourth-order valence-electron chi connectivity index (χ4n) is 2.48. The maximum absolute atomic E-state index is 12.1. The summed E-state index contributed by atoms with van der Waals surface area (Å²) in [4.78, 5) is 23.8. The number of hydrogen-bond donors (Lipinski definition) is 2. The summed E-state index contributed by atoms with van der Waals surface area (Å²) in [5, 5.41) is 13.8. The topological polar surface area (TPSA) is 122 Å². The molecule has 11 heteroatoms. The van der Waals surface area contributed by atoms with Gasteiger partial charge in [0.05, 0.1) is 9.82 Å². The van der Waals surface area contributed by atoms with Crippen LogP contribution in [0, 0.1) is 10.1 Å². The lowest BCUT2D eigenvalue weighted by atomic mass is 10.2. The molecule has 25 heavy (non-hydrogen) atoms. The van der Waals surface area contributed by atoms with Crippen LogP contribution in [0.5, 0.6) is 0 Å². The fraction of sp³-hybridized carbons (Fsp3) is 0.500.